The van der Waals surface area contributed by atoms with E-state index in [-0.39, 0.29) is 0 Å². The highest BCUT2D eigenvalue weighted by Gasteiger charge is 2.18. The molecular formula is C5H11N3S. The average Bonchev–Trinajstić information content (AvgIpc) is 2.37. The molecule has 4 N–H and O–H groups in total. The molecule has 1 fully saturated rings. The Kier molecular flexibility index (Phi) is 2.22. The zero-order valence-corrected chi connectivity index (χ0v) is 6.03. The summed E-state index contributed by atoms with van der Waals surface area (Å²) >= 11 is 1.91. The van der Waals surface area contributed by atoms with Gasteiger partial charge >= 0.3 is 0 Å². The normalized spacial score (nSPS) is 28.9. The lowest BCUT2D eigenvalue weighted by atomic mass is 10.1. The summed E-state index contributed by atoms with van der Waals surface area (Å²) < 4.78 is 0. The number of nitrogens with two attached hydrogens (primary N) is 2. The molecule has 1 saturated heterocycles. The van der Waals surface area contributed by atoms with Gasteiger partial charge in [0, 0.05) is 11.7 Å². The molecule has 0 radical (unpaired) electrons. The van der Waals surface area contributed by atoms with Crippen molar-refractivity contribution in [2.45, 2.75) is 6.42 Å². The lowest BCUT2D eigenvalue weighted by Crippen LogP contribution is -2.24. The van der Waals surface area contributed by atoms with Crippen LogP contribution in [0.5, 0.6) is 0 Å². The minimum atomic E-state index is 0.444. The standard InChI is InChI=1S/C5H11N3S/c6-5(8-7)4-1-2-9-3-4/h4H,1-3,7H2,(H2,6,8). The Morgan fingerprint density at radius 3 is 2.89 bits per heavy atom. The molecule has 0 aromatic rings. The molecule has 0 aromatic heterocycles. The van der Waals surface area contributed by atoms with Crippen molar-refractivity contribution in [1.82, 2.24) is 0 Å². The molecule has 1 unspecified atom stereocenters. The van der Waals surface area contributed by atoms with Gasteiger partial charge in [-0.15, -0.1) is 0 Å². The van der Waals surface area contributed by atoms with Crippen LogP contribution in [0.1, 0.15) is 6.42 Å². The van der Waals surface area contributed by atoms with E-state index in [0.29, 0.717) is 11.8 Å². The van der Waals surface area contributed by atoms with Gasteiger partial charge in [-0.05, 0) is 12.2 Å². The fourth-order valence-electron chi connectivity index (χ4n) is 0.873. The van der Waals surface area contributed by atoms with E-state index in [1.807, 2.05) is 11.8 Å². The quantitative estimate of drug-likeness (QED) is 0.236. The first-order valence-corrected chi connectivity index (χ1v) is 4.11. The molecular weight excluding hydrogens is 134 g/mol. The molecule has 4 heteroatoms. The molecule has 0 amide bonds. The Morgan fingerprint density at radius 1 is 1.67 bits per heavy atom. The lowest BCUT2D eigenvalue weighted by molar-refractivity contribution is 0.778. The highest BCUT2D eigenvalue weighted by Crippen LogP contribution is 2.22. The monoisotopic (exact) mass is 145 g/mol. The van der Waals surface area contributed by atoms with E-state index in [9.17, 15) is 0 Å². The SMILES string of the molecule is NN=C(N)C1CCSC1. The largest absolute Gasteiger partial charge is 0.385 e. The first kappa shape index (κ1) is 6.74. The smallest absolute Gasteiger partial charge is 0.123 e. The summed E-state index contributed by atoms with van der Waals surface area (Å²) in [5.41, 5.74) is 5.49. The number of rotatable bonds is 1. The van der Waals surface area contributed by atoms with Crippen molar-refractivity contribution in [1.29, 1.82) is 0 Å². The topological polar surface area (TPSA) is 64.4 Å². The van der Waals surface area contributed by atoms with E-state index in [1.54, 1.807) is 0 Å². The fourth-order valence-corrected chi connectivity index (χ4v) is 2.11. The van der Waals surface area contributed by atoms with Gasteiger partial charge in [0.1, 0.15) is 5.84 Å². The molecule has 0 aromatic carbocycles. The van der Waals surface area contributed by atoms with E-state index >= 15 is 0 Å². The van der Waals surface area contributed by atoms with E-state index in [1.165, 1.54) is 5.75 Å². The minimum Gasteiger partial charge on any atom is -0.385 e. The summed E-state index contributed by atoms with van der Waals surface area (Å²) in [4.78, 5) is 0. The van der Waals surface area contributed by atoms with Crippen LogP contribution >= 0.6 is 11.8 Å². The molecule has 9 heavy (non-hydrogen) atoms. The van der Waals surface area contributed by atoms with Crippen LogP contribution in [0.4, 0.5) is 0 Å². The summed E-state index contributed by atoms with van der Waals surface area (Å²) in [5, 5.41) is 3.45. The number of hydrazone groups is 1. The van der Waals surface area contributed by atoms with Crippen LogP contribution in [0.2, 0.25) is 0 Å². The molecule has 1 aliphatic rings. The predicted octanol–water partition coefficient (Wildman–Crippen LogP) is -0.0296. The fraction of sp³-hybridized carbons (Fsp3) is 0.800. The Morgan fingerprint density at radius 2 is 2.44 bits per heavy atom. The number of nitrogens with zero attached hydrogens (tertiary/aromatic N) is 1. The third-order valence-corrected chi connectivity index (χ3v) is 2.66. The summed E-state index contributed by atoms with van der Waals surface area (Å²) in [7, 11) is 0. The van der Waals surface area contributed by atoms with E-state index in [0.717, 1.165) is 12.2 Å². The summed E-state index contributed by atoms with van der Waals surface area (Å²) in [5.74, 6) is 8.35. The van der Waals surface area contributed by atoms with Crippen LogP contribution in [0, 0.1) is 5.92 Å². The minimum absolute atomic E-state index is 0.444. The van der Waals surface area contributed by atoms with Crippen molar-refractivity contribution in [3.05, 3.63) is 0 Å². The first-order valence-electron chi connectivity index (χ1n) is 2.95. The van der Waals surface area contributed by atoms with Crippen molar-refractivity contribution in [3.8, 4) is 0 Å². The maximum Gasteiger partial charge on any atom is 0.123 e. The first-order chi connectivity index (χ1) is 4.34. The van der Waals surface area contributed by atoms with Gasteiger partial charge in [-0.3, -0.25) is 0 Å². The lowest BCUT2D eigenvalue weighted by Gasteiger charge is -2.03. The predicted molar refractivity (Wildman–Crippen MR) is 41.2 cm³/mol. The van der Waals surface area contributed by atoms with Crippen LogP contribution in [-0.4, -0.2) is 17.3 Å². The molecule has 0 spiro atoms. The van der Waals surface area contributed by atoms with Crippen LogP contribution in [0.15, 0.2) is 5.10 Å². The van der Waals surface area contributed by atoms with Gasteiger partial charge < -0.3 is 11.6 Å². The summed E-state index contributed by atoms with van der Waals surface area (Å²) in [6, 6.07) is 0. The molecule has 0 aliphatic carbocycles. The van der Waals surface area contributed by atoms with Gasteiger partial charge in [-0.1, -0.05) is 0 Å². The molecule has 1 rings (SSSR count). The maximum absolute atomic E-state index is 5.49. The third-order valence-electron chi connectivity index (χ3n) is 1.50. The van der Waals surface area contributed by atoms with Crippen molar-refractivity contribution >= 4 is 17.6 Å². The Bertz CT molecular complexity index is 117. The number of hydrogen-bond acceptors (Lipinski definition) is 3. The van der Waals surface area contributed by atoms with Gasteiger partial charge in [0.2, 0.25) is 0 Å². The number of amidine groups is 1. The third kappa shape index (κ3) is 1.51. The number of thioether (sulfide) groups is 1. The molecule has 52 valence electrons. The van der Waals surface area contributed by atoms with E-state index in [4.69, 9.17) is 11.6 Å². The van der Waals surface area contributed by atoms with Crippen molar-refractivity contribution in [3.63, 3.8) is 0 Å². The second kappa shape index (κ2) is 2.96. The average molecular weight is 145 g/mol. The zero-order valence-electron chi connectivity index (χ0n) is 5.21. The van der Waals surface area contributed by atoms with Gasteiger partial charge in [-0.25, -0.2) is 0 Å². The van der Waals surface area contributed by atoms with E-state index in [2.05, 4.69) is 5.10 Å². The van der Waals surface area contributed by atoms with E-state index < -0.39 is 0 Å². The summed E-state index contributed by atoms with van der Waals surface area (Å²) in [6.45, 7) is 0. The molecule has 0 bridgehead atoms. The van der Waals surface area contributed by atoms with Crippen molar-refractivity contribution < 1.29 is 0 Å². The van der Waals surface area contributed by atoms with Crippen molar-refractivity contribution in [2.24, 2.45) is 22.6 Å². The molecule has 0 saturated carbocycles. The zero-order chi connectivity index (χ0) is 6.69. The second-order valence-electron chi connectivity index (χ2n) is 2.11. The number of hydrogen-bond donors (Lipinski definition) is 2. The Balaban J connectivity index is 2.42. The van der Waals surface area contributed by atoms with Crippen LogP contribution in [-0.2, 0) is 0 Å². The maximum atomic E-state index is 5.49. The van der Waals surface area contributed by atoms with Gasteiger partial charge in [0.05, 0.1) is 0 Å². The molecule has 1 aliphatic heterocycles. The van der Waals surface area contributed by atoms with Gasteiger partial charge in [-0.2, -0.15) is 16.9 Å². The Labute approximate surface area is 58.9 Å². The second-order valence-corrected chi connectivity index (χ2v) is 3.26. The highest BCUT2D eigenvalue weighted by atomic mass is 32.2. The van der Waals surface area contributed by atoms with Crippen molar-refractivity contribution in [2.75, 3.05) is 11.5 Å². The van der Waals surface area contributed by atoms with Gasteiger partial charge in [0.25, 0.3) is 0 Å². The van der Waals surface area contributed by atoms with Crippen LogP contribution in [0.25, 0.3) is 0 Å². The molecule has 1 heterocycles. The molecule has 3 nitrogen and oxygen atoms in total. The highest BCUT2D eigenvalue weighted by molar-refractivity contribution is 7.99. The van der Waals surface area contributed by atoms with Gasteiger partial charge in [0.15, 0.2) is 0 Å². The van der Waals surface area contributed by atoms with Crippen LogP contribution in [0.3, 0.4) is 0 Å². The van der Waals surface area contributed by atoms with Crippen LogP contribution < -0.4 is 11.6 Å². The molecule has 1 atom stereocenters. The summed E-state index contributed by atoms with van der Waals surface area (Å²) in [6.07, 6.45) is 1.14. The Hall–Kier alpha value is -0.380.